The van der Waals surface area contributed by atoms with E-state index in [1.165, 1.54) is 4.68 Å². The Kier molecular flexibility index (Phi) is 4.06. The van der Waals surface area contributed by atoms with Crippen LogP contribution in [0.4, 0.5) is 5.69 Å². The first-order chi connectivity index (χ1) is 9.88. The predicted octanol–water partition coefficient (Wildman–Crippen LogP) is 0.702. The van der Waals surface area contributed by atoms with Crippen LogP contribution >= 0.6 is 0 Å². The first kappa shape index (κ1) is 14.8. The maximum atomic E-state index is 11.9. The number of aryl methyl sites for hydroxylation is 4. The van der Waals surface area contributed by atoms with Gasteiger partial charge in [-0.2, -0.15) is 5.10 Å². The molecule has 21 heavy (non-hydrogen) atoms. The van der Waals surface area contributed by atoms with E-state index in [0.717, 1.165) is 5.69 Å². The van der Waals surface area contributed by atoms with Crippen LogP contribution in [-0.2, 0) is 11.8 Å². The molecule has 0 saturated heterocycles. The molecule has 0 aromatic carbocycles. The van der Waals surface area contributed by atoms with Crippen LogP contribution in [0.15, 0.2) is 10.6 Å². The molecule has 0 fully saturated rings. The van der Waals surface area contributed by atoms with E-state index in [1.807, 2.05) is 0 Å². The molecule has 0 spiro atoms. The van der Waals surface area contributed by atoms with Crippen molar-refractivity contribution in [1.82, 2.24) is 20.3 Å². The number of hydrogen-bond donors (Lipinski definition) is 2. The van der Waals surface area contributed by atoms with Gasteiger partial charge in [-0.1, -0.05) is 5.16 Å². The molecule has 0 saturated carbocycles. The van der Waals surface area contributed by atoms with Crippen LogP contribution in [-0.4, -0.2) is 33.3 Å². The summed E-state index contributed by atoms with van der Waals surface area (Å²) in [4.78, 5) is 23.8. The standard InChI is InChI=1S/C13H17N5O3/c1-7-5-10(18(4)16-7)13(20)14-6-11(19)15-12-8(2)17-21-9(12)3/h5H,6H2,1-4H3,(H,14,20)(H,15,19). The molecular formula is C13H17N5O3. The Morgan fingerprint density at radius 1 is 1.33 bits per heavy atom. The van der Waals surface area contributed by atoms with Gasteiger partial charge in [0, 0.05) is 7.05 Å². The number of nitrogens with zero attached hydrogens (tertiary/aromatic N) is 3. The summed E-state index contributed by atoms with van der Waals surface area (Å²) in [5.74, 6) is -0.182. The van der Waals surface area contributed by atoms with Crippen molar-refractivity contribution in [3.8, 4) is 0 Å². The smallest absolute Gasteiger partial charge is 0.269 e. The molecule has 2 N–H and O–H groups in total. The van der Waals surface area contributed by atoms with Gasteiger partial charge >= 0.3 is 0 Å². The second-order valence-corrected chi connectivity index (χ2v) is 4.72. The molecule has 2 heterocycles. The lowest BCUT2D eigenvalue weighted by molar-refractivity contribution is -0.115. The monoisotopic (exact) mass is 291 g/mol. The third-order valence-electron chi connectivity index (χ3n) is 2.94. The third-order valence-corrected chi connectivity index (χ3v) is 2.94. The van der Waals surface area contributed by atoms with E-state index < -0.39 is 0 Å². The first-order valence-corrected chi connectivity index (χ1v) is 6.40. The number of hydrogen-bond acceptors (Lipinski definition) is 5. The van der Waals surface area contributed by atoms with Gasteiger partial charge in [0.2, 0.25) is 5.91 Å². The lowest BCUT2D eigenvalue weighted by Crippen LogP contribution is -2.34. The van der Waals surface area contributed by atoms with Gasteiger partial charge in [-0.3, -0.25) is 14.3 Å². The number of amides is 2. The summed E-state index contributed by atoms with van der Waals surface area (Å²) in [6.07, 6.45) is 0. The van der Waals surface area contributed by atoms with Gasteiger partial charge in [-0.25, -0.2) is 0 Å². The van der Waals surface area contributed by atoms with Crippen LogP contribution < -0.4 is 10.6 Å². The fourth-order valence-electron chi connectivity index (χ4n) is 1.92. The lowest BCUT2D eigenvalue weighted by Gasteiger charge is -2.06. The molecule has 0 atom stereocenters. The van der Waals surface area contributed by atoms with E-state index in [2.05, 4.69) is 20.9 Å². The van der Waals surface area contributed by atoms with E-state index in [-0.39, 0.29) is 18.4 Å². The molecule has 0 aliphatic rings. The zero-order valence-corrected chi connectivity index (χ0v) is 12.4. The van der Waals surface area contributed by atoms with E-state index in [4.69, 9.17) is 4.52 Å². The average molecular weight is 291 g/mol. The lowest BCUT2D eigenvalue weighted by atomic mass is 10.3. The molecule has 2 aromatic rings. The zero-order valence-electron chi connectivity index (χ0n) is 12.4. The SMILES string of the molecule is Cc1cc(C(=O)NCC(=O)Nc2c(C)noc2C)n(C)n1. The number of nitrogens with one attached hydrogen (secondary N) is 2. The van der Waals surface area contributed by atoms with E-state index in [1.54, 1.807) is 33.9 Å². The normalized spacial score (nSPS) is 10.5. The van der Waals surface area contributed by atoms with Crippen LogP contribution in [0.2, 0.25) is 0 Å². The number of rotatable bonds is 4. The van der Waals surface area contributed by atoms with Crippen LogP contribution in [0.3, 0.4) is 0 Å². The van der Waals surface area contributed by atoms with E-state index in [9.17, 15) is 9.59 Å². The van der Waals surface area contributed by atoms with Gasteiger partial charge in [-0.15, -0.1) is 0 Å². The molecule has 0 aliphatic carbocycles. The van der Waals surface area contributed by atoms with Gasteiger partial charge in [0.25, 0.3) is 5.91 Å². The van der Waals surface area contributed by atoms with Gasteiger partial charge in [-0.05, 0) is 26.8 Å². The minimum Gasteiger partial charge on any atom is -0.359 e. The topological polar surface area (TPSA) is 102 Å². The number of anilines is 1. The van der Waals surface area contributed by atoms with Crippen LogP contribution in [0.1, 0.15) is 27.6 Å². The average Bonchev–Trinajstić information content (AvgIpc) is 2.92. The van der Waals surface area contributed by atoms with Crippen molar-refractivity contribution < 1.29 is 14.1 Å². The largest absolute Gasteiger partial charge is 0.359 e. The Bertz CT molecular complexity index is 667. The number of carbonyl (C=O) groups is 2. The molecule has 0 aliphatic heterocycles. The Labute approximate surface area is 121 Å². The molecule has 8 heteroatoms. The van der Waals surface area contributed by atoms with Crippen LogP contribution in [0, 0.1) is 20.8 Å². The number of carbonyl (C=O) groups excluding carboxylic acids is 2. The summed E-state index contributed by atoms with van der Waals surface area (Å²) in [6.45, 7) is 5.07. The summed E-state index contributed by atoms with van der Waals surface area (Å²) >= 11 is 0. The van der Waals surface area contributed by atoms with E-state index in [0.29, 0.717) is 22.8 Å². The second kappa shape index (κ2) is 5.78. The van der Waals surface area contributed by atoms with Crippen molar-refractivity contribution >= 4 is 17.5 Å². The summed E-state index contributed by atoms with van der Waals surface area (Å²) in [6, 6.07) is 1.65. The molecule has 2 amide bonds. The fraction of sp³-hybridized carbons (Fsp3) is 0.385. The van der Waals surface area contributed by atoms with E-state index >= 15 is 0 Å². The highest BCUT2D eigenvalue weighted by Gasteiger charge is 2.15. The molecule has 2 aromatic heterocycles. The Morgan fingerprint density at radius 3 is 2.57 bits per heavy atom. The van der Waals surface area contributed by atoms with Gasteiger partial charge in [0.05, 0.1) is 12.2 Å². The zero-order chi connectivity index (χ0) is 15.6. The highest BCUT2D eigenvalue weighted by molar-refractivity contribution is 5.98. The highest BCUT2D eigenvalue weighted by atomic mass is 16.5. The van der Waals surface area contributed by atoms with Crippen molar-refractivity contribution in [2.24, 2.45) is 7.05 Å². The summed E-state index contributed by atoms with van der Waals surface area (Å²) in [5, 5.41) is 13.0. The van der Waals surface area contributed by atoms with Crippen molar-refractivity contribution in [3.63, 3.8) is 0 Å². The first-order valence-electron chi connectivity index (χ1n) is 6.40. The van der Waals surface area contributed by atoms with Crippen LogP contribution in [0.5, 0.6) is 0 Å². The molecule has 0 bridgehead atoms. The quantitative estimate of drug-likeness (QED) is 0.863. The summed E-state index contributed by atoms with van der Waals surface area (Å²) in [5.41, 5.74) is 2.26. The molecule has 0 unspecified atom stereocenters. The summed E-state index contributed by atoms with van der Waals surface area (Å²) < 4.78 is 6.42. The summed E-state index contributed by atoms with van der Waals surface area (Å²) in [7, 11) is 1.67. The Hall–Kier alpha value is -2.64. The number of aromatic nitrogens is 3. The van der Waals surface area contributed by atoms with Crippen molar-refractivity contribution in [1.29, 1.82) is 0 Å². The molecule has 8 nitrogen and oxygen atoms in total. The van der Waals surface area contributed by atoms with Crippen molar-refractivity contribution in [3.05, 3.63) is 28.9 Å². The Morgan fingerprint density at radius 2 is 2.05 bits per heavy atom. The Balaban J connectivity index is 1.93. The van der Waals surface area contributed by atoms with Crippen molar-refractivity contribution in [2.75, 3.05) is 11.9 Å². The van der Waals surface area contributed by atoms with Crippen LogP contribution in [0.25, 0.3) is 0 Å². The van der Waals surface area contributed by atoms with Gasteiger partial charge in [0.1, 0.15) is 17.1 Å². The minimum absolute atomic E-state index is 0.146. The third kappa shape index (κ3) is 3.28. The van der Waals surface area contributed by atoms with Crippen molar-refractivity contribution in [2.45, 2.75) is 20.8 Å². The maximum Gasteiger partial charge on any atom is 0.269 e. The maximum absolute atomic E-state index is 11.9. The second-order valence-electron chi connectivity index (χ2n) is 4.72. The predicted molar refractivity (Wildman–Crippen MR) is 74.9 cm³/mol. The fourth-order valence-corrected chi connectivity index (χ4v) is 1.92. The molecular weight excluding hydrogens is 274 g/mol. The van der Waals surface area contributed by atoms with Gasteiger partial charge < -0.3 is 15.2 Å². The van der Waals surface area contributed by atoms with Gasteiger partial charge in [0.15, 0.2) is 5.76 Å². The minimum atomic E-state index is -0.355. The highest BCUT2D eigenvalue weighted by Crippen LogP contribution is 2.18. The molecule has 2 rings (SSSR count). The molecule has 0 radical (unpaired) electrons. The molecule has 112 valence electrons.